The maximum Gasteiger partial charge on any atom is 0.161 e. The lowest BCUT2D eigenvalue weighted by molar-refractivity contribution is 0.281. The van der Waals surface area contributed by atoms with Gasteiger partial charge < -0.3 is 15.6 Å². The highest BCUT2D eigenvalue weighted by Crippen LogP contribution is 2.20. The van der Waals surface area contributed by atoms with E-state index in [2.05, 4.69) is 9.97 Å². The SMILES string of the molecule is CCOc1ccc(-c2ncc(CO)c(N)n2)cc1. The Kier molecular flexibility index (Phi) is 3.74. The molecule has 5 heteroatoms. The van der Waals surface area contributed by atoms with Gasteiger partial charge in [0.25, 0.3) is 0 Å². The molecule has 0 fully saturated rings. The van der Waals surface area contributed by atoms with Crippen molar-refractivity contribution in [2.75, 3.05) is 12.3 Å². The number of nitrogen functional groups attached to an aromatic ring is 1. The molecular formula is C13H15N3O2. The number of anilines is 1. The Morgan fingerprint density at radius 2 is 2.00 bits per heavy atom. The molecular weight excluding hydrogens is 230 g/mol. The number of benzene rings is 1. The number of aliphatic hydroxyl groups excluding tert-OH is 1. The zero-order valence-corrected chi connectivity index (χ0v) is 10.1. The smallest absolute Gasteiger partial charge is 0.161 e. The summed E-state index contributed by atoms with van der Waals surface area (Å²) in [5.74, 6) is 1.64. The third kappa shape index (κ3) is 2.57. The maximum atomic E-state index is 9.00. The fourth-order valence-corrected chi connectivity index (χ4v) is 1.55. The molecule has 2 rings (SSSR count). The number of aliphatic hydroxyl groups is 1. The number of rotatable bonds is 4. The summed E-state index contributed by atoms with van der Waals surface area (Å²) in [7, 11) is 0. The van der Waals surface area contributed by atoms with Crippen LogP contribution in [0.1, 0.15) is 12.5 Å². The lowest BCUT2D eigenvalue weighted by atomic mass is 10.2. The van der Waals surface area contributed by atoms with Crippen LogP contribution >= 0.6 is 0 Å². The molecule has 0 aliphatic rings. The first kappa shape index (κ1) is 12.3. The van der Waals surface area contributed by atoms with Crippen molar-refractivity contribution in [1.29, 1.82) is 0 Å². The van der Waals surface area contributed by atoms with Crippen LogP contribution in [0.5, 0.6) is 5.75 Å². The summed E-state index contributed by atoms with van der Waals surface area (Å²) in [6, 6.07) is 7.47. The predicted octanol–water partition coefficient (Wildman–Crippen LogP) is 1.62. The quantitative estimate of drug-likeness (QED) is 0.855. The van der Waals surface area contributed by atoms with E-state index >= 15 is 0 Å². The van der Waals surface area contributed by atoms with Gasteiger partial charge in [-0.05, 0) is 31.2 Å². The molecule has 94 valence electrons. The van der Waals surface area contributed by atoms with Crippen molar-refractivity contribution < 1.29 is 9.84 Å². The lowest BCUT2D eigenvalue weighted by Gasteiger charge is -2.06. The van der Waals surface area contributed by atoms with E-state index < -0.39 is 0 Å². The Hall–Kier alpha value is -2.14. The van der Waals surface area contributed by atoms with E-state index in [1.54, 1.807) is 0 Å². The third-order valence-corrected chi connectivity index (χ3v) is 2.49. The van der Waals surface area contributed by atoms with Gasteiger partial charge in [-0.3, -0.25) is 0 Å². The molecule has 18 heavy (non-hydrogen) atoms. The molecule has 2 aromatic rings. The summed E-state index contributed by atoms with van der Waals surface area (Å²) < 4.78 is 5.36. The normalized spacial score (nSPS) is 10.3. The monoisotopic (exact) mass is 245 g/mol. The number of hydrogen-bond acceptors (Lipinski definition) is 5. The molecule has 1 heterocycles. The Morgan fingerprint density at radius 3 is 2.56 bits per heavy atom. The Balaban J connectivity index is 2.28. The van der Waals surface area contributed by atoms with Crippen LogP contribution in [0.4, 0.5) is 5.82 Å². The summed E-state index contributed by atoms with van der Waals surface area (Å²) in [6.07, 6.45) is 1.54. The van der Waals surface area contributed by atoms with E-state index in [9.17, 15) is 0 Å². The average molecular weight is 245 g/mol. The minimum atomic E-state index is -0.157. The number of ether oxygens (including phenoxy) is 1. The summed E-state index contributed by atoms with van der Waals surface area (Å²) in [4.78, 5) is 8.32. The molecule has 0 bridgehead atoms. The van der Waals surface area contributed by atoms with Gasteiger partial charge in [0, 0.05) is 17.3 Å². The molecule has 0 saturated heterocycles. The van der Waals surface area contributed by atoms with E-state index in [1.165, 1.54) is 6.20 Å². The van der Waals surface area contributed by atoms with E-state index in [1.807, 2.05) is 31.2 Å². The van der Waals surface area contributed by atoms with Gasteiger partial charge in [0.15, 0.2) is 5.82 Å². The highest BCUT2D eigenvalue weighted by molar-refractivity contribution is 5.58. The number of aromatic nitrogens is 2. The second-order valence-corrected chi connectivity index (χ2v) is 3.72. The van der Waals surface area contributed by atoms with Crippen LogP contribution in [-0.2, 0) is 6.61 Å². The van der Waals surface area contributed by atoms with Crippen LogP contribution < -0.4 is 10.5 Å². The first-order valence-electron chi connectivity index (χ1n) is 5.70. The Labute approximate surface area is 105 Å². The largest absolute Gasteiger partial charge is 0.494 e. The van der Waals surface area contributed by atoms with Gasteiger partial charge in [-0.15, -0.1) is 0 Å². The van der Waals surface area contributed by atoms with Gasteiger partial charge in [-0.25, -0.2) is 9.97 Å². The van der Waals surface area contributed by atoms with E-state index in [0.29, 0.717) is 23.8 Å². The van der Waals surface area contributed by atoms with Crippen molar-refractivity contribution in [3.05, 3.63) is 36.0 Å². The topological polar surface area (TPSA) is 81.3 Å². The molecule has 5 nitrogen and oxygen atoms in total. The summed E-state index contributed by atoms with van der Waals surface area (Å²) in [6.45, 7) is 2.41. The van der Waals surface area contributed by atoms with E-state index in [-0.39, 0.29) is 6.61 Å². The Bertz CT molecular complexity index is 526. The average Bonchev–Trinajstić information content (AvgIpc) is 2.40. The fourth-order valence-electron chi connectivity index (χ4n) is 1.55. The fraction of sp³-hybridized carbons (Fsp3) is 0.231. The number of nitrogens with zero attached hydrogens (tertiary/aromatic N) is 2. The molecule has 0 aliphatic heterocycles. The molecule has 0 radical (unpaired) electrons. The lowest BCUT2D eigenvalue weighted by Crippen LogP contribution is -2.01. The van der Waals surface area contributed by atoms with Crippen LogP contribution in [0.3, 0.4) is 0 Å². The van der Waals surface area contributed by atoms with E-state index in [4.69, 9.17) is 15.6 Å². The molecule has 1 aromatic heterocycles. The second kappa shape index (κ2) is 5.46. The van der Waals surface area contributed by atoms with Crippen LogP contribution in [0, 0.1) is 0 Å². The van der Waals surface area contributed by atoms with Crippen molar-refractivity contribution in [3.8, 4) is 17.1 Å². The van der Waals surface area contributed by atoms with Gasteiger partial charge in [0.05, 0.1) is 13.2 Å². The van der Waals surface area contributed by atoms with Crippen LogP contribution in [0.2, 0.25) is 0 Å². The summed E-state index contributed by atoms with van der Waals surface area (Å²) in [5.41, 5.74) is 7.10. The molecule has 3 N–H and O–H groups in total. The molecule has 0 spiro atoms. The van der Waals surface area contributed by atoms with Crippen LogP contribution in [0.25, 0.3) is 11.4 Å². The van der Waals surface area contributed by atoms with Crippen LogP contribution in [-0.4, -0.2) is 21.7 Å². The first-order valence-corrected chi connectivity index (χ1v) is 5.70. The van der Waals surface area contributed by atoms with Crippen molar-refractivity contribution in [3.63, 3.8) is 0 Å². The van der Waals surface area contributed by atoms with Gasteiger partial charge in [0.2, 0.25) is 0 Å². The molecule has 0 aliphatic carbocycles. The predicted molar refractivity (Wildman–Crippen MR) is 69.0 cm³/mol. The molecule has 1 aromatic carbocycles. The molecule has 0 atom stereocenters. The maximum absolute atomic E-state index is 9.00. The summed E-state index contributed by atoms with van der Waals surface area (Å²) >= 11 is 0. The minimum Gasteiger partial charge on any atom is -0.494 e. The van der Waals surface area contributed by atoms with Crippen LogP contribution in [0.15, 0.2) is 30.5 Å². The van der Waals surface area contributed by atoms with Crippen molar-refractivity contribution in [1.82, 2.24) is 9.97 Å². The van der Waals surface area contributed by atoms with Gasteiger partial charge in [-0.2, -0.15) is 0 Å². The summed E-state index contributed by atoms with van der Waals surface area (Å²) in [5, 5.41) is 9.00. The zero-order valence-electron chi connectivity index (χ0n) is 10.1. The first-order chi connectivity index (χ1) is 8.74. The molecule has 0 amide bonds. The number of nitrogens with two attached hydrogens (primary N) is 1. The van der Waals surface area contributed by atoms with Gasteiger partial charge >= 0.3 is 0 Å². The molecule has 0 unspecified atom stereocenters. The number of hydrogen-bond donors (Lipinski definition) is 2. The van der Waals surface area contributed by atoms with Crippen molar-refractivity contribution in [2.24, 2.45) is 0 Å². The van der Waals surface area contributed by atoms with E-state index in [0.717, 1.165) is 11.3 Å². The molecule has 0 saturated carbocycles. The standard InChI is InChI=1S/C13H15N3O2/c1-2-18-11-5-3-9(4-6-11)13-15-7-10(8-17)12(14)16-13/h3-7,17H,2,8H2,1H3,(H2,14,15,16). The highest BCUT2D eigenvalue weighted by atomic mass is 16.5. The van der Waals surface area contributed by atoms with Gasteiger partial charge in [-0.1, -0.05) is 0 Å². The zero-order chi connectivity index (χ0) is 13.0. The second-order valence-electron chi connectivity index (χ2n) is 3.72. The minimum absolute atomic E-state index is 0.157. The van der Waals surface area contributed by atoms with Gasteiger partial charge in [0.1, 0.15) is 11.6 Å². The highest BCUT2D eigenvalue weighted by Gasteiger charge is 2.05. The van der Waals surface area contributed by atoms with Crippen molar-refractivity contribution in [2.45, 2.75) is 13.5 Å². The third-order valence-electron chi connectivity index (χ3n) is 2.49. The van der Waals surface area contributed by atoms with Crippen molar-refractivity contribution >= 4 is 5.82 Å². The Morgan fingerprint density at radius 1 is 1.28 bits per heavy atom.